The Morgan fingerprint density at radius 3 is 3.07 bits per heavy atom. The minimum absolute atomic E-state index is 0.391. The van der Waals surface area contributed by atoms with Crippen molar-refractivity contribution in [3.05, 3.63) is 46.5 Å². The Morgan fingerprint density at radius 1 is 1.47 bits per heavy atom. The highest BCUT2D eigenvalue weighted by Crippen LogP contribution is 2.25. The minimum atomic E-state index is 0.391. The van der Waals surface area contributed by atoms with Crippen LogP contribution in [-0.2, 0) is 6.61 Å². The van der Waals surface area contributed by atoms with E-state index in [9.17, 15) is 0 Å². The Morgan fingerprint density at radius 2 is 2.33 bits per heavy atom. The van der Waals surface area contributed by atoms with Crippen LogP contribution < -0.4 is 4.74 Å². The molecule has 2 heterocycles. The summed E-state index contributed by atoms with van der Waals surface area (Å²) >= 11 is 3.43. The molecular formula is C11H10BrNO2. The van der Waals surface area contributed by atoms with Gasteiger partial charge >= 0.3 is 0 Å². The molecule has 0 amide bonds. The maximum atomic E-state index is 5.51. The summed E-state index contributed by atoms with van der Waals surface area (Å²) in [6.45, 7) is 2.38. The van der Waals surface area contributed by atoms with E-state index < -0.39 is 0 Å². The normalized spacial score (nSPS) is 10.3. The molecule has 0 atom stereocenters. The number of nitrogens with zero attached hydrogens (tertiary/aromatic N) is 1. The zero-order valence-electron chi connectivity index (χ0n) is 8.24. The summed E-state index contributed by atoms with van der Waals surface area (Å²) in [6.07, 6.45) is 3.34. The molecule has 0 bridgehead atoms. The number of hydrogen-bond acceptors (Lipinski definition) is 3. The van der Waals surface area contributed by atoms with Crippen LogP contribution in [0.5, 0.6) is 5.88 Å². The monoisotopic (exact) mass is 267 g/mol. The van der Waals surface area contributed by atoms with Gasteiger partial charge in [-0.3, -0.25) is 0 Å². The van der Waals surface area contributed by atoms with Crippen LogP contribution in [0.3, 0.4) is 0 Å². The number of aromatic nitrogens is 1. The number of ether oxygens (including phenoxy) is 1. The summed E-state index contributed by atoms with van der Waals surface area (Å²) < 4.78 is 11.6. The second-order valence-corrected chi connectivity index (χ2v) is 3.91. The zero-order chi connectivity index (χ0) is 10.7. The number of aryl methyl sites for hydroxylation is 1. The van der Waals surface area contributed by atoms with Crippen LogP contribution in [0.2, 0.25) is 0 Å². The molecule has 0 aliphatic heterocycles. The van der Waals surface area contributed by atoms with Gasteiger partial charge in [-0.15, -0.1) is 0 Å². The average Bonchev–Trinajstić information content (AvgIpc) is 2.73. The van der Waals surface area contributed by atoms with Crippen LogP contribution in [0, 0.1) is 6.92 Å². The first-order valence-electron chi connectivity index (χ1n) is 4.53. The Kier molecular flexibility index (Phi) is 3.06. The molecule has 0 saturated carbocycles. The molecule has 3 nitrogen and oxygen atoms in total. The fraction of sp³-hybridized carbons (Fsp3) is 0.182. The molecule has 15 heavy (non-hydrogen) atoms. The van der Waals surface area contributed by atoms with Crippen molar-refractivity contribution in [3.63, 3.8) is 0 Å². The average molecular weight is 268 g/mol. The number of hydrogen-bond donors (Lipinski definition) is 0. The summed E-state index contributed by atoms with van der Waals surface area (Å²) in [5.41, 5.74) is 1.10. The van der Waals surface area contributed by atoms with Crippen LogP contribution in [0.1, 0.15) is 11.3 Å². The molecular weight excluding hydrogens is 258 g/mol. The molecule has 0 aliphatic rings. The van der Waals surface area contributed by atoms with Gasteiger partial charge in [0, 0.05) is 6.20 Å². The largest absolute Gasteiger partial charge is 0.469 e. The third kappa shape index (κ3) is 2.39. The SMILES string of the molecule is Cc1ccnc(OCc2ccco2)c1Br. The summed E-state index contributed by atoms with van der Waals surface area (Å²) in [4.78, 5) is 4.13. The molecule has 0 saturated heterocycles. The van der Waals surface area contributed by atoms with Gasteiger partial charge in [0.15, 0.2) is 0 Å². The van der Waals surface area contributed by atoms with E-state index in [1.54, 1.807) is 12.5 Å². The van der Waals surface area contributed by atoms with Crippen molar-refractivity contribution in [1.29, 1.82) is 0 Å². The highest BCUT2D eigenvalue weighted by Gasteiger charge is 2.05. The molecule has 0 aromatic carbocycles. The molecule has 0 N–H and O–H groups in total. The quantitative estimate of drug-likeness (QED) is 0.856. The van der Waals surface area contributed by atoms with Crippen molar-refractivity contribution in [3.8, 4) is 5.88 Å². The van der Waals surface area contributed by atoms with Gasteiger partial charge in [0.25, 0.3) is 0 Å². The standard InChI is InChI=1S/C11H10BrNO2/c1-8-4-5-13-11(10(8)12)15-7-9-3-2-6-14-9/h2-6H,7H2,1H3. The molecule has 0 unspecified atom stereocenters. The van der Waals surface area contributed by atoms with Crippen molar-refractivity contribution in [2.24, 2.45) is 0 Å². The number of furan rings is 1. The fourth-order valence-electron chi connectivity index (χ4n) is 1.15. The third-order valence-corrected chi connectivity index (χ3v) is 2.95. The molecule has 2 aromatic heterocycles. The third-order valence-electron chi connectivity index (χ3n) is 1.98. The number of pyridine rings is 1. The van der Waals surface area contributed by atoms with Gasteiger partial charge in [-0.1, -0.05) is 0 Å². The zero-order valence-corrected chi connectivity index (χ0v) is 9.82. The maximum absolute atomic E-state index is 5.51. The van der Waals surface area contributed by atoms with Gasteiger partial charge in [0.05, 0.1) is 10.7 Å². The van der Waals surface area contributed by atoms with Gasteiger partial charge in [-0.25, -0.2) is 4.98 Å². The minimum Gasteiger partial charge on any atom is -0.469 e. The number of halogens is 1. The molecule has 0 radical (unpaired) electrons. The van der Waals surface area contributed by atoms with Crippen molar-refractivity contribution >= 4 is 15.9 Å². The van der Waals surface area contributed by atoms with E-state index in [4.69, 9.17) is 9.15 Å². The molecule has 0 aliphatic carbocycles. The topological polar surface area (TPSA) is 35.3 Å². The maximum Gasteiger partial charge on any atom is 0.228 e. The van der Waals surface area contributed by atoms with E-state index in [-0.39, 0.29) is 0 Å². The van der Waals surface area contributed by atoms with Gasteiger partial charge in [-0.2, -0.15) is 0 Å². The summed E-state index contributed by atoms with van der Waals surface area (Å²) in [5.74, 6) is 1.37. The first-order valence-corrected chi connectivity index (χ1v) is 5.33. The van der Waals surface area contributed by atoms with Crippen LogP contribution in [0.15, 0.2) is 39.5 Å². The highest BCUT2D eigenvalue weighted by molar-refractivity contribution is 9.10. The van der Waals surface area contributed by atoms with Crippen molar-refractivity contribution in [2.45, 2.75) is 13.5 Å². The van der Waals surface area contributed by atoms with Crippen molar-refractivity contribution < 1.29 is 9.15 Å². The summed E-state index contributed by atoms with van der Waals surface area (Å²) in [6, 6.07) is 5.62. The Hall–Kier alpha value is -1.29. The number of rotatable bonds is 3. The first-order chi connectivity index (χ1) is 7.27. The van der Waals surface area contributed by atoms with Crippen LogP contribution in [0.4, 0.5) is 0 Å². The molecule has 2 aromatic rings. The van der Waals surface area contributed by atoms with Crippen LogP contribution in [-0.4, -0.2) is 4.98 Å². The lowest BCUT2D eigenvalue weighted by molar-refractivity contribution is 0.258. The lowest BCUT2D eigenvalue weighted by Gasteiger charge is -2.06. The van der Waals surface area contributed by atoms with Crippen molar-refractivity contribution in [1.82, 2.24) is 4.98 Å². The summed E-state index contributed by atoms with van der Waals surface area (Å²) in [7, 11) is 0. The fourth-order valence-corrected chi connectivity index (χ4v) is 1.50. The van der Waals surface area contributed by atoms with Crippen LogP contribution >= 0.6 is 15.9 Å². The van der Waals surface area contributed by atoms with Crippen LogP contribution in [0.25, 0.3) is 0 Å². The molecule has 4 heteroatoms. The van der Waals surface area contributed by atoms with E-state index in [2.05, 4.69) is 20.9 Å². The predicted molar refractivity (Wildman–Crippen MR) is 59.7 cm³/mol. The predicted octanol–water partition coefficient (Wildman–Crippen LogP) is 3.32. The first kappa shape index (κ1) is 10.2. The second-order valence-electron chi connectivity index (χ2n) is 3.12. The van der Waals surface area contributed by atoms with E-state index in [1.165, 1.54) is 0 Å². The van der Waals surface area contributed by atoms with Gasteiger partial charge in [0.1, 0.15) is 12.4 Å². The van der Waals surface area contributed by atoms with Gasteiger partial charge < -0.3 is 9.15 Å². The lowest BCUT2D eigenvalue weighted by atomic mass is 10.3. The molecule has 0 spiro atoms. The molecule has 0 fully saturated rings. The van der Waals surface area contributed by atoms with E-state index in [0.29, 0.717) is 12.5 Å². The molecule has 78 valence electrons. The van der Waals surface area contributed by atoms with E-state index in [0.717, 1.165) is 15.8 Å². The molecule has 2 rings (SSSR count). The highest BCUT2D eigenvalue weighted by atomic mass is 79.9. The Balaban J connectivity index is 2.08. The Bertz CT molecular complexity index is 440. The van der Waals surface area contributed by atoms with Gasteiger partial charge in [0.2, 0.25) is 5.88 Å². The lowest BCUT2D eigenvalue weighted by Crippen LogP contribution is -1.97. The van der Waals surface area contributed by atoms with E-state index in [1.807, 2.05) is 25.1 Å². The second kappa shape index (κ2) is 4.49. The van der Waals surface area contributed by atoms with E-state index >= 15 is 0 Å². The smallest absolute Gasteiger partial charge is 0.228 e. The summed E-state index contributed by atoms with van der Waals surface area (Å²) in [5, 5.41) is 0. The van der Waals surface area contributed by atoms with Gasteiger partial charge in [-0.05, 0) is 46.6 Å². The van der Waals surface area contributed by atoms with Crippen molar-refractivity contribution in [2.75, 3.05) is 0 Å². The Labute approximate surface area is 96.2 Å².